The summed E-state index contributed by atoms with van der Waals surface area (Å²) in [5.74, 6) is -0.109. The van der Waals surface area contributed by atoms with Crippen molar-refractivity contribution in [3.63, 3.8) is 0 Å². The summed E-state index contributed by atoms with van der Waals surface area (Å²) in [6, 6.07) is 25.9. The third-order valence-electron chi connectivity index (χ3n) is 4.63. The fraction of sp³-hybridized carbons (Fsp3) is 0.0833. The summed E-state index contributed by atoms with van der Waals surface area (Å²) >= 11 is 0. The molecule has 3 heteroatoms. The van der Waals surface area contributed by atoms with Gasteiger partial charge in [0.25, 0.3) is 5.91 Å². The number of nitrogens with one attached hydrogen (secondary N) is 1. The number of benzene rings is 3. The average molecular weight is 352 g/mol. The molecular formula is C24H20N2O. The van der Waals surface area contributed by atoms with Crippen LogP contribution in [0.25, 0.3) is 10.9 Å². The van der Waals surface area contributed by atoms with Gasteiger partial charge in [0.1, 0.15) is 0 Å². The van der Waals surface area contributed by atoms with Crippen molar-refractivity contribution < 1.29 is 4.79 Å². The van der Waals surface area contributed by atoms with Crippen molar-refractivity contribution in [3.05, 3.63) is 107 Å². The molecule has 0 atom stereocenters. The quantitative estimate of drug-likeness (QED) is 0.535. The number of pyridine rings is 1. The Balaban J connectivity index is 1.68. The number of hydrogen-bond donors (Lipinski definition) is 1. The van der Waals surface area contributed by atoms with Crippen molar-refractivity contribution in [1.29, 1.82) is 0 Å². The first-order chi connectivity index (χ1) is 13.2. The topological polar surface area (TPSA) is 42.0 Å². The molecule has 1 N–H and O–H groups in total. The number of carbonyl (C=O) groups is 1. The molecule has 0 saturated carbocycles. The number of fused-ring (bicyclic) bond motifs is 1. The van der Waals surface area contributed by atoms with E-state index in [-0.39, 0.29) is 5.91 Å². The van der Waals surface area contributed by atoms with E-state index in [1.165, 1.54) is 5.56 Å². The van der Waals surface area contributed by atoms with Crippen LogP contribution in [0.2, 0.25) is 0 Å². The number of aryl methyl sites for hydroxylation is 1. The van der Waals surface area contributed by atoms with E-state index in [4.69, 9.17) is 0 Å². The Morgan fingerprint density at radius 1 is 0.926 bits per heavy atom. The maximum atomic E-state index is 13.1. The third kappa shape index (κ3) is 3.72. The molecule has 0 aliphatic carbocycles. The maximum Gasteiger partial charge on any atom is 0.256 e. The molecule has 3 aromatic carbocycles. The van der Waals surface area contributed by atoms with Crippen LogP contribution in [0.4, 0.5) is 5.69 Å². The summed E-state index contributed by atoms with van der Waals surface area (Å²) in [6.07, 6.45) is 2.46. The molecule has 3 nitrogen and oxygen atoms in total. The van der Waals surface area contributed by atoms with Crippen LogP contribution in [0.3, 0.4) is 0 Å². The lowest BCUT2D eigenvalue weighted by molar-refractivity contribution is 0.102. The second-order valence-corrected chi connectivity index (χ2v) is 6.66. The van der Waals surface area contributed by atoms with E-state index >= 15 is 0 Å². The molecule has 1 amide bonds. The Morgan fingerprint density at radius 3 is 2.59 bits per heavy atom. The maximum absolute atomic E-state index is 13.1. The number of carbonyl (C=O) groups excluding carboxylic acids is 1. The zero-order valence-corrected chi connectivity index (χ0v) is 15.1. The largest absolute Gasteiger partial charge is 0.320 e. The van der Waals surface area contributed by atoms with E-state index in [0.717, 1.165) is 34.1 Å². The molecule has 132 valence electrons. The molecule has 1 aromatic heterocycles. The number of hydrogen-bond acceptors (Lipinski definition) is 2. The highest BCUT2D eigenvalue weighted by Gasteiger charge is 2.14. The summed E-state index contributed by atoms with van der Waals surface area (Å²) in [7, 11) is 0. The van der Waals surface area contributed by atoms with Crippen LogP contribution in [0.15, 0.2) is 85.1 Å². The van der Waals surface area contributed by atoms with E-state index in [0.29, 0.717) is 5.56 Å². The Hall–Kier alpha value is -3.46. The van der Waals surface area contributed by atoms with Gasteiger partial charge in [-0.05, 0) is 42.7 Å². The molecule has 0 aliphatic rings. The van der Waals surface area contributed by atoms with Gasteiger partial charge in [-0.3, -0.25) is 9.78 Å². The number of nitrogens with zero attached hydrogens (tertiary/aromatic N) is 1. The highest BCUT2D eigenvalue weighted by Crippen LogP contribution is 2.23. The second-order valence-electron chi connectivity index (χ2n) is 6.66. The monoisotopic (exact) mass is 352 g/mol. The van der Waals surface area contributed by atoms with Gasteiger partial charge in [-0.15, -0.1) is 0 Å². The van der Waals surface area contributed by atoms with Crippen LogP contribution in [0.1, 0.15) is 27.0 Å². The number of aromatic nitrogens is 1. The number of amides is 1. The van der Waals surface area contributed by atoms with Gasteiger partial charge in [-0.1, -0.05) is 66.2 Å². The van der Waals surface area contributed by atoms with Gasteiger partial charge in [-0.2, -0.15) is 0 Å². The Labute approximate surface area is 158 Å². The minimum atomic E-state index is -0.109. The van der Waals surface area contributed by atoms with E-state index in [9.17, 15) is 4.79 Å². The molecule has 0 saturated heterocycles. The molecule has 0 bridgehead atoms. The number of anilines is 1. The van der Waals surface area contributed by atoms with Crippen molar-refractivity contribution in [1.82, 2.24) is 4.98 Å². The second kappa shape index (κ2) is 7.42. The molecule has 0 unspecified atom stereocenters. The Bertz CT molecular complexity index is 1100. The Morgan fingerprint density at radius 2 is 1.74 bits per heavy atom. The first-order valence-electron chi connectivity index (χ1n) is 8.99. The van der Waals surface area contributed by atoms with E-state index < -0.39 is 0 Å². The van der Waals surface area contributed by atoms with Gasteiger partial charge in [0.2, 0.25) is 0 Å². The lowest BCUT2D eigenvalue weighted by Gasteiger charge is -2.13. The number of rotatable bonds is 4. The van der Waals surface area contributed by atoms with E-state index in [2.05, 4.69) is 28.5 Å². The summed E-state index contributed by atoms with van der Waals surface area (Å²) in [5, 5.41) is 4.06. The van der Waals surface area contributed by atoms with E-state index in [1.54, 1.807) is 6.20 Å². The highest BCUT2D eigenvalue weighted by molar-refractivity contribution is 6.09. The zero-order valence-electron chi connectivity index (χ0n) is 15.1. The Kier molecular flexibility index (Phi) is 4.67. The molecule has 0 spiro atoms. The molecule has 0 radical (unpaired) electrons. The highest BCUT2D eigenvalue weighted by atomic mass is 16.1. The standard InChI is InChI=1S/C24H20N2O/c1-17-12-13-20(16-18-7-3-2-4-8-18)21(15-17)24(27)26-22-11-5-9-19-10-6-14-25-23(19)22/h2-15H,16H2,1H3,(H,26,27). The predicted molar refractivity (Wildman–Crippen MR) is 110 cm³/mol. The van der Waals surface area contributed by atoms with Crippen LogP contribution in [0.5, 0.6) is 0 Å². The van der Waals surface area contributed by atoms with Crippen molar-refractivity contribution in [3.8, 4) is 0 Å². The SMILES string of the molecule is Cc1ccc(Cc2ccccc2)c(C(=O)Nc2cccc3cccnc23)c1. The molecule has 0 aliphatic heterocycles. The van der Waals surface area contributed by atoms with Crippen LogP contribution in [-0.2, 0) is 6.42 Å². The molecule has 0 fully saturated rings. The van der Waals surface area contributed by atoms with Crippen molar-refractivity contribution in [2.24, 2.45) is 0 Å². The predicted octanol–water partition coefficient (Wildman–Crippen LogP) is 5.39. The fourth-order valence-corrected chi connectivity index (χ4v) is 3.27. The van der Waals surface area contributed by atoms with Gasteiger partial charge in [0, 0.05) is 17.1 Å². The summed E-state index contributed by atoms with van der Waals surface area (Å²) in [4.78, 5) is 17.5. The molecule has 27 heavy (non-hydrogen) atoms. The average Bonchev–Trinajstić information content (AvgIpc) is 2.70. The van der Waals surface area contributed by atoms with Crippen molar-refractivity contribution in [2.75, 3.05) is 5.32 Å². The van der Waals surface area contributed by atoms with Crippen molar-refractivity contribution in [2.45, 2.75) is 13.3 Å². The van der Waals surface area contributed by atoms with Crippen LogP contribution >= 0.6 is 0 Å². The first-order valence-corrected chi connectivity index (χ1v) is 8.99. The summed E-state index contributed by atoms with van der Waals surface area (Å²) in [5.41, 5.74) is 5.48. The fourth-order valence-electron chi connectivity index (χ4n) is 3.27. The van der Waals surface area contributed by atoms with Crippen molar-refractivity contribution >= 4 is 22.5 Å². The van der Waals surface area contributed by atoms with Gasteiger partial charge in [0.05, 0.1) is 11.2 Å². The lowest BCUT2D eigenvalue weighted by Crippen LogP contribution is -2.15. The minimum absolute atomic E-state index is 0.109. The lowest BCUT2D eigenvalue weighted by atomic mass is 9.97. The van der Waals surface area contributed by atoms with Gasteiger partial charge < -0.3 is 5.32 Å². The van der Waals surface area contributed by atoms with Gasteiger partial charge in [-0.25, -0.2) is 0 Å². The summed E-state index contributed by atoms with van der Waals surface area (Å²) in [6.45, 7) is 2.00. The molecule has 1 heterocycles. The van der Waals surface area contributed by atoms with Gasteiger partial charge >= 0.3 is 0 Å². The van der Waals surface area contributed by atoms with E-state index in [1.807, 2.05) is 67.6 Å². The molecular weight excluding hydrogens is 332 g/mol. The molecule has 4 aromatic rings. The molecule has 4 rings (SSSR count). The van der Waals surface area contributed by atoms with Gasteiger partial charge in [0.15, 0.2) is 0 Å². The van der Waals surface area contributed by atoms with Crippen LogP contribution < -0.4 is 5.32 Å². The first kappa shape index (κ1) is 17.0. The third-order valence-corrected chi connectivity index (χ3v) is 4.63. The smallest absolute Gasteiger partial charge is 0.256 e. The normalized spacial score (nSPS) is 10.7. The summed E-state index contributed by atoms with van der Waals surface area (Å²) < 4.78 is 0. The van der Waals surface area contributed by atoms with Crippen LogP contribution in [0, 0.1) is 6.92 Å². The minimum Gasteiger partial charge on any atom is -0.320 e. The van der Waals surface area contributed by atoms with Crippen LogP contribution in [-0.4, -0.2) is 10.9 Å². The number of para-hydroxylation sites is 1. The zero-order chi connectivity index (χ0) is 18.6.